The number of aryl methyl sites for hydroxylation is 1. The highest BCUT2D eigenvalue weighted by Crippen LogP contribution is 2.13. The van der Waals surface area contributed by atoms with Gasteiger partial charge in [-0.3, -0.25) is 20.4 Å². The van der Waals surface area contributed by atoms with Gasteiger partial charge < -0.3 is 5.11 Å². The smallest absolute Gasteiger partial charge is 0.332 e. The maximum Gasteiger partial charge on any atom is 0.332 e. The van der Waals surface area contributed by atoms with E-state index in [1.54, 1.807) is 0 Å². The van der Waals surface area contributed by atoms with Crippen molar-refractivity contribution in [1.29, 1.82) is 0 Å². The fraction of sp³-hybridized carbons (Fsp3) is 0.385. The number of hydrogen-bond acceptors (Lipinski definition) is 5. The number of hydrogen-bond donors (Lipinski definition) is 3. The molecular weight excluding hydrogens is 315 g/mol. The third-order valence-electron chi connectivity index (χ3n) is 2.72. The zero-order chi connectivity index (χ0) is 17.0. The SMILES string of the molecule is CC(C)(O)C(=O)NNC(=O)CCc1ccc(S(=O)(=O)F)cc1. The molecule has 0 bridgehead atoms. The first-order chi connectivity index (χ1) is 10.00. The van der Waals surface area contributed by atoms with E-state index in [-0.39, 0.29) is 12.8 Å². The molecule has 0 aromatic heterocycles. The molecule has 0 spiro atoms. The van der Waals surface area contributed by atoms with Crippen LogP contribution in [0.25, 0.3) is 0 Å². The Hall–Kier alpha value is -2.00. The van der Waals surface area contributed by atoms with Crippen LogP contribution in [0.2, 0.25) is 0 Å². The van der Waals surface area contributed by atoms with Crippen LogP contribution >= 0.6 is 0 Å². The quantitative estimate of drug-likeness (QED) is 0.526. The third kappa shape index (κ3) is 5.78. The van der Waals surface area contributed by atoms with Gasteiger partial charge in [0.25, 0.3) is 5.91 Å². The average molecular weight is 332 g/mol. The number of benzene rings is 1. The average Bonchev–Trinajstić information content (AvgIpc) is 2.40. The molecule has 0 heterocycles. The Labute approximate surface area is 127 Å². The van der Waals surface area contributed by atoms with Gasteiger partial charge in [-0.1, -0.05) is 12.1 Å². The van der Waals surface area contributed by atoms with Crippen LogP contribution in [0, 0.1) is 0 Å². The first-order valence-corrected chi connectivity index (χ1v) is 7.74. The Morgan fingerprint density at radius 1 is 1.18 bits per heavy atom. The number of halogens is 1. The molecule has 1 rings (SSSR count). The highest BCUT2D eigenvalue weighted by atomic mass is 32.3. The van der Waals surface area contributed by atoms with Crippen molar-refractivity contribution in [3.63, 3.8) is 0 Å². The highest BCUT2D eigenvalue weighted by molar-refractivity contribution is 7.86. The van der Waals surface area contributed by atoms with E-state index in [0.29, 0.717) is 5.56 Å². The van der Waals surface area contributed by atoms with Gasteiger partial charge >= 0.3 is 10.2 Å². The van der Waals surface area contributed by atoms with Crippen LogP contribution in [-0.4, -0.2) is 30.9 Å². The number of carbonyl (C=O) groups is 2. The standard InChI is InChI=1S/C13H17FN2O5S/c1-13(2,19)12(18)16-15-11(17)8-5-9-3-6-10(7-4-9)22(14,20)21/h3-4,6-7,19H,5,8H2,1-2H3,(H,15,17)(H,16,18). The van der Waals surface area contributed by atoms with Gasteiger partial charge in [-0.05, 0) is 38.0 Å². The van der Waals surface area contributed by atoms with Gasteiger partial charge in [-0.15, -0.1) is 3.89 Å². The summed E-state index contributed by atoms with van der Waals surface area (Å²) in [7, 11) is -4.73. The van der Waals surface area contributed by atoms with Crippen LogP contribution in [-0.2, 0) is 26.2 Å². The van der Waals surface area contributed by atoms with E-state index in [0.717, 1.165) is 12.1 Å². The summed E-state index contributed by atoms with van der Waals surface area (Å²) in [5.74, 6) is -1.24. The summed E-state index contributed by atoms with van der Waals surface area (Å²) in [6.45, 7) is 2.55. The van der Waals surface area contributed by atoms with Gasteiger partial charge in [-0.25, -0.2) is 0 Å². The molecule has 0 fully saturated rings. The van der Waals surface area contributed by atoms with Crippen molar-refractivity contribution in [3.8, 4) is 0 Å². The van der Waals surface area contributed by atoms with Crippen molar-refractivity contribution in [2.75, 3.05) is 0 Å². The number of carbonyl (C=O) groups excluding carboxylic acids is 2. The van der Waals surface area contributed by atoms with Crippen molar-refractivity contribution < 1.29 is 27.0 Å². The lowest BCUT2D eigenvalue weighted by atomic mass is 10.1. The van der Waals surface area contributed by atoms with Crippen LogP contribution < -0.4 is 10.9 Å². The molecule has 0 aliphatic carbocycles. The van der Waals surface area contributed by atoms with Gasteiger partial charge in [0.15, 0.2) is 0 Å². The summed E-state index contributed by atoms with van der Waals surface area (Å²) in [4.78, 5) is 22.4. The van der Waals surface area contributed by atoms with Crippen molar-refractivity contribution in [2.24, 2.45) is 0 Å². The summed E-state index contributed by atoms with van der Waals surface area (Å²) in [5, 5.41) is 9.36. The topological polar surface area (TPSA) is 113 Å². The molecule has 122 valence electrons. The Balaban J connectivity index is 2.46. The molecule has 22 heavy (non-hydrogen) atoms. The second-order valence-corrected chi connectivity index (χ2v) is 6.49. The van der Waals surface area contributed by atoms with Crippen LogP contribution in [0.4, 0.5) is 3.89 Å². The zero-order valence-corrected chi connectivity index (χ0v) is 12.9. The molecule has 2 amide bonds. The van der Waals surface area contributed by atoms with Gasteiger partial charge in [0, 0.05) is 6.42 Å². The molecule has 9 heteroatoms. The lowest BCUT2D eigenvalue weighted by Crippen LogP contribution is -2.50. The van der Waals surface area contributed by atoms with E-state index in [1.165, 1.54) is 26.0 Å². The summed E-state index contributed by atoms with van der Waals surface area (Å²) in [6, 6.07) is 5.02. The first-order valence-electron chi connectivity index (χ1n) is 6.35. The van der Waals surface area contributed by atoms with E-state index < -0.39 is 32.5 Å². The molecule has 0 radical (unpaired) electrons. The largest absolute Gasteiger partial charge is 0.381 e. The van der Waals surface area contributed by atoms with Gasteiger partial charge in [-0.2, -0.15) is 8.42 Å². The molecule has 7 nitrogen and oxygen atoms in total. The van der Waals surface area contributed by atoms with E-state index in [9.17, 15) is 27.0 Å². The monoisotopic (exact) mass is 332 g/mol. The van der Waals surface area contributed by atoms with Crippen molar-refractivity contribution in [2.45, 2.75) is 37.2 Å². The fourth-order valence-electron chi connectivity index (χ4n) is 1.42. The minimum absolute atomic E-state index is 0.0217. The summed E-state index contributed by atoms with van der Waals surface area (Å²) >= 11 is 0. The Kier molecular flexibility index (Phi) is 5.61. The van der Waals surface area contributed by atoms with E-state index in [4.69, 9.17) is 0 Å². The summed E-state index contributed by atoms with van der Waals surface area (Å²) in [6.07, 6.45) is 0.296. The van der Waals surface area contributed by atoms with Crippen LogP contribution in [0.1, 0.15) is 25.8 Å². The van der Waals surface area contributed by atoms with Gasteiger partial charge in [0.05, 0.1) is 4.90 Å². The number of hydrazine groups is 1. The normalized spacial score (nSPS) is 11.8. The van der Waals surface area contributed by atoms with Gasteiger partial charge in [0.1, 0.15) is 5.60 Å². The zero-order valence-electron chi connectivity index (χ0n) is 12.1. The summed E-state index contributed by atoms with van der Waals surface area (Å²) < 4.78 is 34.0. The van der Waals surface area contributed by atoms with E-state index in [1.807, 2.05) is 0 Å². The second-order valence-electron chi connectivity index (χ2n) is 5.14. The van der Waals surface area contributed by atoms with Crippen LogP contribution in [0.5, 0.6) is 0 Å². The second kappa shape index (κ2) is 6.84. The molecule has 0 unspecified atom stereocenters. The number of nitrogens with one attached hydrogen (secondary N) is 2. The molecule has 0 saturated carbocycles. The molecule has 0 saturated heterocycles. The minimum atomic E-state index is -4.73. The number of rotatable bonds is 5. The predicted molar refractivity (Wildman–Crippen MR) is 75.6 cm³/mol. The molecule has 1 aromatic rings. The van der Waals surface area contributed by atoms with E-state index in [2.05, 4.69) is 10.9 Å². The lowest BCUT2D eigenvalue weighted by Gasteiger charge is -2.16. The first kappa shape index (κ1) is 18.1. The molecule has 0 aliphatic heterocycles. The highest BCUT2D eigenvalue weighted by Gasteiger charge is 2.23. The predicted octanol–water partition coefficient (Wildman–Crippen LogP) is 0.196. The number of amides is 2. The van der Waals surface area contributed by atoms with Crippen molar-refractivity contribution in [3.05, 3.63) is 29.8 Å². The minimum Gasteiger partial charge on any atom is -0.381 e. The molecule has 0 aliphatic rings. The van der Waals surface area contributed by atoms with Crippen molar-refractivity contribution >= 4 is 22.0 Å². The Morgan fingerprint density at radius 3 is 2.18 bits per heavy atom. The lowest BCUT2D eigenvalue weighted by molar-refractivity contribution is -0.140. The maximum absolute atomic E-state index is 12.7. The Morgan fingerprint density at radius 2 is 1.73 bits per heavy atom. The third-order valence-corrected chi connectivity index (χ3v) is 3.55. The van der Waals surface area contributed by atoms with Crippen LogP contribution in [0.15, 0.2) is 29.2 Å². The van der Waals surface area contributed by atoms with E-state index >= 15 is 0 Å². The Bertz CT molecular complexity index is 650. The molecule has 1 aromatic carbocycles. The summed E-state index contributed by atoms with van der Waals surface area (Å²) in [5.41, 5.74) is 3.24. The van der Waals surface area contributed by atoms with Crippen LogP contribution in [0.3, 0.4) is 0 Å². The van der Waals surface area contributed by atoms with Gasteiger partial charge in [0.2, 0.25) is 5.91 Å². The molecular formula is C13H17FN2O5S. The van der Waals surface area contributed by atoms with Crippen molar-refractivity contribution in [1.82, 2.24) is 10.9 Å². The fourth-order valence-corrected chi connectivity index (χ4v) is 1.88. The maximum atomic E-state index is 12.7. The molecule has 3 N–H and O–H groups in total. The molecule has 0 atom stereocenters. The number of aliphatic hydroxyl groups is 1.